The molecule has 1 fully saturated rings. The third kappa shape index (κ3) is 3.72. The van der Waals surface area contributed by atoms with Gasteiger partial charge >= 0.3 is 6.09 Å². The molecule has 0 unspecified atom stereocenters. The summed E-state index contributed by atoms with van der Waals surface area (Å²) in [6.45, 7) is 1.72. The number of hydrogen-bond donors (Lipinski definition) is 0. The lowest BCUT2D eigenvalue weighted by molar-refractivity contribution is 0.0281. The smallest absolute Gasteiger partial charge is 0.378 e. The number of rotatable bonds is 2. The summed E-state index contributed by atoms with van der Waals surface area (Å²) in [4.78, 5) is 17.5. The van der Waals surface area contributed by atoms with Crippen molar-refractivity contribution in [3.63, 3.8) is 0 Å². The summed E-state index contributed by atoms with van der Waals surface area (Å²) >= 11 is 0. The average molecular weight is 270 g/mol. The molecule has 0 aromatic heterocycles. The van der Waals surface area contributed by atoms with E-state index < -0.39 is 17.7 Å². The van der Waals surface area contributed by atoms with Crippen molar-refractivity contribution in [1.82, 2.24) is 4.90 Å². The molecule has 0 aliphatic carbocycles. The normalized spacial score (nSPS) is 15.8. The topological polar surface area (TPSA) is 51.1 Å². The Morgan fingerprint density at radius 2 is 2.11 bits per heavy atom. The molecule has 102 valence electrons. The monoisotopic (exact) mass is 270 g/mol. The van der Waals surface area contributed by atoms with Crippen molar-refractivity contribution in [3.05, 3.63) is 35.4 Å². The quantitative estimate of drug-likeness (QED) is 0.467. The first kappa shape index (κ1) is 13.4. The Kier molecular flexibility index (Phi) is 4.40. The molecule has 0 spiro atoms. The molecule has 19 heavy (non-hydrogen) atoms. The molecule has 1 aliphatic rings. The molecular weight excluding hydrogens is 258 g/mol. The van der Waals surface area contributed by atoms with Crippen LogP contribution in [0.1, 0.15) is 5.56 Å². The highest BCUT2D eigenvalue weighted by molar-refractivity contribution is 5.80. The van der Waals surface area contributed by atoms with Gasteiger partial charge in [0.2, 0.25) is 0 Å². The van der Waals surface area contributed by atoms with Gasteiger partial charge in [-0.2, -0.15) is 0 Å². The summed E-state index contributed by atoms with van der Waals surface area (Å²) in [5.74, 6) is -1.24. The van der Waals surface area contributed by atoms with Crippen LogP contribution >= 0.6 is 0 Å². The van der Waals surface area contributed by atoms with Gasteiger partial charge in [0, 0.05) is 18.7 Å². The first-order valence-corrected chi connectivity index (χ1v) is 5.69. The van der Waals surface area contributed by atoms with E-state index in [9.17, 15) is 13.6 Å². The molecule has 1 aromatic rings. The number of halogens is 2. The Morgan fingerprint density at radius 1 is 1.37 bits per heavy atom. The Bertz CT molecular complexity index is 488. The van der Waals surface area contributed by atoms with Crippen LogP contribution in [0.3, 0.4) is 0 Å². The van der Waals surface area contributed by atoms with Crippen LogP contribution < -0.4 is 0 Å². The van der Waals surface area contributed by atoms with E-state index in [1.807, 2.05) is 0 Å². The largest absolute Gasteiger partial charge is 0.436 e. The highest BCUT2D eigenvalue weighted by Gasteiger charge is 2.17. The highest BCUT2D eigenvalue weighted by atomic mass is 19.1. The summed E-state index contributed by atoms with van der Waals surface area (Å²) in [5, 5.41) is 3.35. The second kappa shape index (κ2) is 6.24. The predicted octanol–water partition coefficient (Wildman–Crippen LogP) is 1.77. The van der Waals surface area contributed by atoms with Gasteiger partial charge in [-0.05, 0) is 18.2 Å². The summed E-state index contributed by atoms with van der Waals surface area (Å²) in [7, 11) is 0. The Balaban J connectivity index is 1.92. The maximum atomic E-state index is 13.2. The Labute approximate surface area is 108 Å². The lowest BCUT2D eigenvalue weighted by atomic mass is 10.2. The van der Waals surface area contributed by atoms with E-state index in [0.717, 1.165) is 24.4 Å². The molecule has 7 heteroatoms. The van der Waals surface area contributed by atoms with Crippen molar-refractivity contribution in [2.24, 2.45) is 5.16 Å². The lowest BCUT2D eigenvalue weighted by Gasteiger charge is -2.24. The van der Waals surface area contributed by atoms with Crippen LogP contribution in [0.5, 0.6) is 0 Å². The summed E-state index contributed by atoms with van der Waals surface area (Å²) in [6.07, 6.45) is 0.313. The number of amides is 1. The van der Waals surface area contributed by atoms with Crippen molar-refractivity contribution < 1.29 is 23.1 Å². The highest BCUT2D eigenvalue weighted by Crippen LogP contribution is 2.07. The van der Waals surface area contributed by atoms with E-state index >= 15 is 0 Å². The molecule has 1 saturated heterocycles. The van der Waals surface area contributed by atoms with Crippen LogP contribution in [0.2, 0.25) is 0 Å². The number of carbonyl (C=O) groups is 1. The molecule has 0 N–H and O–H groups in total. The standard InChI is InChI=1S/C12H12F2N2O3/c13-10-1-2-11(14)9(7-10)8-15-19-12(17)16-3-5-18-6-4-16/h1-2,7-8H,3-6H2/b15-8+. The van der Waals surface area contributed by atoms with Gasteiger partial charge in [-0.25, -0.2) is 13.6 Å². The minimum atomic E-state index is -0.646. The number of hydrogen-bond acceptors (Lipinski definition) is 4. The molecule has 1 amide bonds. The zero-order valence-corrected chi connectivity index (χ0v) is 10.0. The van der Waals surface area contributed by atoms with Crippen molar-refractivity contribution >= 4 is 12.3 Å². The SMILES string of the molecule is O=C(O/N=C/c1cc(F)ccc1F)N1CCOCC1. The van der Waals surface area contributed by atoms with Crippen LogP contribution in [0.15, 0.2) is 23.4 Å². The van der Waals surface area contributed by atoms with Crippen LogP contribution in [0, 0.1) is 11.6 Å². The summed E-state index contributed by atoms with van der Waals surface area (Å²) in [6, 6.07) is 2.92. The molecule has 0 radical (unpaired) electrons. The van der Waals surface area contributed by atoms with E-state index in [0.29, 0.717) is 26.3 Å². The van der Waals surface area contributed by atoms with Gasteiger partial charge < -0.3 is 9.64 Å². The van der Waals surface area contributed by atoms with Gasteiger partial charge in [-0.1, -0.05) is 5.16 Å². The maximum Gasteiger partial charge on any atom is 0.436 e. The second-order valence-corrected chi connectivity index (χ2v) is 3.86. The van der Waals surface area contributed by atoms with E-state index in [-0.39, 0.29) is 5.56 Å². The van der Waals surface area contributed by atoms with Crippen molar-refractivity contribution in [2.75, 3.05) is 26.3 Å². The Hall–Kier alpha value is -2.02. The first-order chi connectivity index (χ1) is 9.16. The third-order valence-electron chi connectivity index (χ3n) is 2.55. The molecule has 1 heterocycles. The third-order valence-corrected chi connectivity index (χ3v) is 2.55. The number of morpholine rings is 1. The molecule has 0 saturated carbocycles. The van der Waals surface area contributed by atoms with Gasteiger partial charge in [-0.3, -0.25) is 4.84 Å². The lowest BCUT2D eigenvalue weighted by Crippen LogP contribution is -2.40. The number of nitrogens with zero attached hydrogens (tertiary/aromatic N) is 2. The summed E-state index contributed by atoms with van der Waals surface area (Å²) < 4.78 is 31.2. The molecule has 5 nitrogen and oxygen atoms in total. The van der Waals surface area contributed by atoms with Crippen molar-refractivity contribution in [2.45, 2.75) is 0 Å². The van der Waals surface area contributed by atoms with Crippen LogP contribution in [0.4, 0.5) is 13.6 Å². The number of benzene rings is 1. The Morgan fingerprint density at radius 3 is 2.84 bits per heavy atom. The van der Waals surface area contributed by atoms with E-state index in [4.69, 9.17) is 4.74 Å². The molecule has 2 rings (SSSR count). The minimum Gasteiger partial charge on any atom is -0.378 e. The molecular formula is C12H12F2N2O3. The average Bonchev–Trinajstić information content (AvgIpc) is 2.43. The minimum absolute atomic E-state index is 0.0882. The van der Waals surface area contributed by atoms with Gasteiger partial charge in [0.05, 0.1) is 19.4 Å². The number of carbonyl (C=O) groups excluding carboxylic acids is 1. The van der Waals surface area contributed by atoms with Crippen molar-refractivity contribution in [1.29, 1.82) is 0 Å². The van der Waals surface area contributed by atoms with E-state index in [1.54, 1.807) is 0 Å². The number of oxime groups is 1. The van der Waals surface area contributed by atoms with Crippen molar-refractivity contribution in [3.8, 4) is 0 Å². The predicted molar refractivity (Wildman–Crippen MR) is 62.8 cm³/mol. The van der Waals surface area contributed by atoms with Gasteiger partial charge in [0.15, 0.2) is 0 Å². The molecule has 0 bridgehead atoms. The summed E-state index contributed by atoms with van der Waals surface area (Å²) in [5.41, 5.74) is -0.0882. The maximum absolute atomic E-state index is 13.2. The van der Waals surface area contributed by atoms with E-state index in [1.165, 1.54) is 4.90 Å². The van der Waals surface area contributed by atoms with Crippen LogP contribution in [0.25, 0.3) is 0 Å². The van der Waals surface area contributed by atoms with Gasteiger partial charge in [0.1, 0.15) is 11.6 Å². The number of ether oxygens (including phenoxy) is 1. The first-order valence-electron chi connectivity index (χ1n) is 5.69. The fourth-order valence-corrected chi connectivity index (χ4v) is 1.55. The molecule has 0 atom stereocenters. The fraction of sp³-hybridized carbons (Fsp3) is 0.333. The molecule has 1 aliphatic heterocycles. The van der Waals surface area contributed by atoms with Gasteiger partial charge in [-0.15, -0.1) is 0 Å². The second-order valence-electron chi connectivity index (χ2n) is 3.86. The molecule has 1 aromatic carbocycles. The van der Waals surface area contributed by atoms with Crippen LogP contribution in [-0.4, -0.2) is 43.5 Å². The zero-order chi connectivity index (χ0) is 13.7. The zero-order valence-electron chi connectivity index (χ0n) is 10.0. The van der Waals surface area contributed by atoms with E-state index in [2.05, 4.69) is 9.99 Å². The van der Waals surface area contributed by atoms with Crippen LogP contribution in [-0.2, 0) is 9.57 Å². The van der Waals surface area contributed by atoms with Gasteiger partial charge in [0.25, 0.3) is 0 Å². The fourth-order valence-electron chi connectivity index (χ4n) is 1.55.